The van der Waals surface area contributed by atoms with E-state index < -0.39 is 29.9 Å². The number of piperidine rings is 1. The van der Waals surface area contributed by atoms with Gasteiger partial charge in [0.15, 0.2) is 17.4 Å². The van der Waals surface area contributed by atoms with Crippen molar-refractivity contribution in [1.29, 1.82) is 5.26 Å². The van der Waals surface area contributed by atoms with Gasteiger partial charge in [-0.3, -0.25) is 19.3 Å². The summed E-state index contributed by atoms with van der Waals surface area (Å²) < 4.78 is 29.5. The van der Waals surface area contributed by atoms with Gasteiger partial charge >= 0.3 is 6.01 Å². The Morgan fingerprint density at radius 2 is 1.79 bits per heavy atom. The summed E-state index contributed by atoms with van der Waals surface area (Å²) in [6.07, 6.45) is 2.34. The number of nitrogens with one attached hydrogen (secondary N) is 1. The van der Waals surface area contributed by atoms with Crippen molar-refractivity contribution in [3.8, 4) is 39.4 Å². The molecule has 0 saturated carbocycles. The first-order valence-corrected chi connectivity index (χ1v) is 29.0. The van der Waals surface area contributed by atoms with Crippen molar-refractivity contribution in [3.63, 3.8) is 0 Å². The highest BCUT2D eigenvalue weighted by Crippen LogP contribution is 2.43. The fourth-order valence-electron chi connectivity index (χ4n) is 11.8. The number of rotatable bonds is 18. The molecule has 21 heteroatoms. The number of hydrogen-bond donors (Lipinski definition) is 3. The zero-order chi connectivity index (χ0) is 57.9. The van der Waals surface area contributed by atoms with Crippen LogP contribution in [0.15, 0.2) is 95.5 Å². The number of aromatic nitrogens is 4. The number of aliphatic hydroxyl groups is 1. The number of piperazine rings is 1. The molecule has 6 heterocycles. The summed E-state index contributed by atoms with van der Waals surface area (Å²) in [7, 11) is 1.95. The molecule has 3 aliphatic heterocycles. The Kier molecular flexibility index (Phi) is 17.4. The average Bonchev–Trinajstić information content (AvgIpc) is 3.21. The van der Waals surface area contributed by atoms with Crippen LogP contribution in [0.5, 0.6) is 11.8 Å². The molecule has 3 saturated heterocycles. The van der Waals surface area contributed by atoms with Crippen LogP contribution in [0.3, 0.4) is 0 Å². The summed E-state index contributed by atoms with van der Waals surface area (Å²) in [6, 6.07) is 22.3. The van der Waals surface area contributed by atoms with E-state index in [0.717, 1.165) is 47.6 Å². The number of nitrogens with zero attached hydrogens (tertiary/aromatic N) is 10. The SMILES string of the molecule is C=CC(=O)N1CCN(c2nc(OCCN3CCC(CN(C)c4cc([C@@H](C(=O)N5C[C@H](O)C[C@H]5C(=O)N[C@@H](C)c5ccc(-c6scnc6C)cc5)C(C)C)on4)CC3)nc3c(F)c(-c4cc(O)cc5ccccc45)c(Cl)cc23)C[C@@H]1CC#N. The number of thiazole rings is 1. The van der Waals surface area contributed by atoms with Gasteiger partial charge in [-0.25, -0.2) is 9.37 Å². The van der Waals surface area contributed by atoms with Crippen LogP contribution in [0, 0.1) is 35.9 Å². The van der Waals surface area contributed by atoms with E-state index in [-0.39, 0.29) is 96.6 Å². The first-order valence-electron chi connectivity index (χ1n) is 27.8. The smallest absolute Gasteiger partial charge is 0.319 e. The van der Waals surface area contributed by atoms with Crippen molar-refractivity contribution in [2.24, 2.45) is 11.8 Å². The van der Waals surface area contributed by atoms with E-state index in [1.165, 1.54) is 17.0 Å². The van der Waals surface area contributed by atoms with Gasteiger partial charge in [-0.2, -0.15) is 15.2 Å². The second-order valence-corrected chi connectivity index (χ2v) is 23.3. The Morgan fingerprint density at radius 3 is 2.51 bits per heavy atom. The van der Waals surface area contributed by atoms with Crippen LogP contribution in [-0.2, 0) is 14.4 Å². The first-order chi connectivity index (χ1) is 39.5. The van der Waals surface area contributed by atoms with E-state index >= 15 is 4.39 Å². The van der Waals surface area contributed by atoms with Gasteiger partial charge in [0, 0.05) is 69.8 Å². The molecule has 0 bridgehead atoms. The van der Waals surface area contributed by atoms with Crippen LogP contribution >= 0.6 is 22.9 Å². The predicted octanol–water partition coefficient (Wildman–Crippen LogP) is 9.29. The number of nitriles is 1. The maximum absolute atomic E-state index is 17.3. The average molecular weight is 1150 g/mol. The number of phenolic OH excluding ortho intramolecular Hbond substituents is 1. The number of aliphatic hydroxyl groups excluding tert-OH is 1. The molecule has 3 aliphatic rings. The molecule has 0 aliphatic carbocycles. The van der Waals surface area contributed by atoms with Gasteiger partial charge in [0.2, 0.25) is 17.7 Å². The van der Waals surface area contributed by atoms with Gasteiger partial charge < -0.3 is 44.4 Å². The summed E-state index contributed by atoms with van der Waals surface area (Å²) >= 11 is 8.55. The Hall–Kier alpha value is -7.70. The lowest BCUT2D eigenvalue weighted by atomic mass is 9.91. The van der Waals surface area contributed by atoms with E-state index in [4.69, 9.17) is 25.8 Å². The number of phenols is 1. The predicted molar refractivity (Wildman–Crippen MR) is 314 cm³/mol. The number of aryl methyl sites for hydroxylation is 1. The number of carbonyl (C=O) groups is 3. The third-order valence-electron chi connectivity index (χ3n) is 16.2. The second-order valence-electron chi connectivity index (χ2n) is 22.0. The van der Waals surface area contributed by atoms with Gasteiger partial charge in [-0.1, -0.05) is 85.7 Å². The number of ether oxygens (including phenoxy) is 1. The lowest BCUT2D eigenvalue weighted by Gasteiger charge is -2.41. The van der Waals surface area contributed by atoms with Crippen LogP contribution in [0.1, 0.15) is 75.4 Å². The van der Waals surface area contributed by atoms with E-state index in [9.17, 15) is 29.9 Å². The largest absolute Gasteiger partial charge is 0.508 e. The molecule has 5 atom stereocenters. The number of aromatic hydroxyl groups is 1. The molecule has 0 spiro atoms. The van der Waals surface area contributed by atoms with Crippen molar-refractivity contribution < 1.29 is 38.2 Å². The molecular formula is C61H67ClFN11O7S. The first kappa shape index (κ1) is 57.5. The normalized spacial score (nSPS) is 18.7. The quantitative estimate of drug-likeness (QED) is 0.0682. The zero-order valence-corrected chi connectivity index (χ0v) is 48.2. The maximum atomic E-state index is 17.3. The van der Waals surface area contributed by atoms with Crippen LogP contribution in [0.4, 0.5) is 16.0 Å². The van der Waals surface area contributed by atoms with Crippen LogP contribution in [0.2, 0.25) is 5.02 Å². The molecule has 7 aromatic rings. The number of hydrogen-bond acceptors (Lipinski definition) is 16. The fourth-order valence-corrected chi connectivity index (χ4v) is 12.9. The maximum Gasteiger partial charge on any atom is 0.319 e. The topological polar surface area (TPSA) is 218 Å². The van der Waals surface area contributed by atoms with Crippen molar-refractivity contribution in [2.75, 3.05) is 75.8 Å². The Bertz CT molecular complexity index is 3550. The summed E-state index contributed by atoms with van der Waals surface area (Å²) in [5.74, 6) is -0.961. The number of amides is 3. The highest BCUT2D eigenvalue weighted by molar-refractivity contribution is 7.13. The minimum Gasteiger partial charge on any atom is -0.508 e. The molecule has 428 valence electrons. The van der Waals surface area contributed by atoms with Crippen LogP contribution in [-0.4, -0.2) is 147 Å². The number of halogens is 2. The van der Waals surface area contributed by atoms with Gasteiger partial charge in [0.05, 0.1) is 51.8 Å². The molecular weight excluding hydrogens is 1090 g/mol. The number of β-amino-alcohol motifs (C(OH)–C–C–N with tert-alkyl or cyclic N) is 1. The molecule has 10 rings (SSSR count). The minimum absolute atomic E-state index is 0.0309. The molecule has 3 amide bonds. The molecule has 3 fully saturated rings. The lowest BCUT2D eigenvalue weighted by Crippen LogP contribution is -2.55. The molecule has 4 aromatic carbocycles. The summed E-state index contributed by atoms with van der Waals surface area (Å²) in [6.45, 7) is 15.3. The molecule has 0 unspecified atom stereocenters. The molecule has 18 nitrogen and oxygen atoms in total. The van der Waals surface area contributed by atoms with Crippen LogP contribution < -0.4 is 19.9 Å². The van der Waals surface area contributed by atoms with E-state index in [1.807, 2.05) is 98.6 Å². The second kappa shape index (κ2) is 24.8. The fraction of sp³-hybridized carbons (Fsp3) is 0.410. The Morgan fingerprint density at radius 1 is 1.02 bits per heavy atom. The third-order valence-corrected chi connectivity index (χ3v) is 17.5. The number of carbonyl (C=O) groups excluding carboxylic acids is 3. The molecule has 3 aromatic heterocycles. The van der Waals surface area contributed by atoms with Gasteiger partial charge in [0.25, 0.3) is 0 Å². The Labute approximate surface area is 484 Å². The Balaban J connectivity index is 0.774. The van der Waals surface area contributed by atoms with Crippen molar-refractivity contribution in [2.45, 2.75) is 83.5 Å². The zero-order valence-electron chi connectivity index (χ0n) is 46.6. The number of anilines is 2. The minimum atomic E-state index is -0.857. The summed E-state index contributed by atoms with van der Waals surface area (Å²) in [5, 5.41) is 40.6. The molecule has 82 heavy (non-hydrogen) atoms. The number of benzene rings is 4. The summed E-state index contributed by atoms with van der Waals surface area (Å²) in [4.78, 5) is 65.4. The highest BCUT2D eigenvalue weighted by Gasteiger charge is 2.44. The molecule has 0 radical (unpaired) electrons. The van der Waals surface area contributed by atoms with Crippen molar-refractivity contribution in [1.82, 2.24) is 40.1 Å². The van der Waals surface area contributed by atoms with Gasteiger partial charge in [-0.05, 0) is 103 Å². The van der Waals surface area contributed by atoms with Gasteiger partial charge in [0.1, 0.15) is 35.7 Å². The van der Waals surface area contributed by atoms with Crippen LogP contribution in [0.25, 0.3) is 43.2 Å². The summed E-state index contributed by atoms with van der Waals surface area (Å²) in [5.41, 5.74) is 5.18. The standard InChI is InChI=1S/C61H67ClFN11O7S/c1-7-52(77)73-23-22-72(32-42(73)16-19-64)58-47-29-48(62)54(46-27-43(75)26-41-10-8-9-11-45(41)46)55(63)56(47)67-61(68-58)80-25-24-71-20-17-38(18-21-71)31-70(6)51-30-50(81-69-51)53(35(2)3)60(79)74-33-44(76)28-49(74)59(78)66-36(4)39-12-14-40(15-13-39)57-37(5)65-34-82-57/h7-15,26-27,29-30,34-36,38,42,44,49,53,75-76H,1,16-18,20-25,28,31-33H2,2-6H3,(H,66,78)/t36-,42-,44+,49-,53-/m0/s1. The lowest BCUT2D eigenvalue weighted by molar-refractivity contribution is -0.141. The van der Waals surface area contributed by atoms with E-state index in [0.29, 0.717) is 64.7 Å². The monoisotopic (exact) mass is 1150 g/mol. The van der Waals surface area contributed by atoms with E-state index in [1.54, 1.807) is 34.4 Å². The van der Waals surface area contributed by atoms with E-state index in [2.05, 4.69) is 38.0 Å². The molecule has 3 N–H and O–H groups in total. The van der Waals surface area contributed by atoms with Crippen molar-refractivity contribution >= 4 is 74.0 Å². The van der Waals surface area contributed by atoms with Gasteiger partial charge in [-0.15, -0.1) is 11.3 Å². The van der Waals surface area contributed by atoms with Crippen molar-refractivity contribution in [3.05, 3.63) is 119 Å². The number of likely N-dealkylation sites (tertiary alicyclic amines) is 2. The third kappa shape index (κ3) is 12.1. The number of fused-ring (bicyclic) bond motifs is 2. The highest BCUT2D eigenvalue weighted by atomic mass is 35.5.